The van der Waals surface area contributed by atoms with Crippen molar-refractivity contribution < 1.29 is 14.4 Å². The molecule has 0 aliphatic carbocycles. The highest BCUT2D eigenvalue weighted by molar-refractivity contribution is 6.09. The van der Waals surface area contributed by atoms with E-state index in [9.17, 15) is 14.4 Å². The molecule has 0 atom stereocenters. The number of hydrogen-bond donors (Lipinski definition) is 1. The zero-order valence-electron chi connectivity index (χ0n) is 18.4. The van der Waals surface area contributed by atoms with E-state index in [4.69, 9.17) is 5.73 Å². The first-order valence-corrected chi connectivity index (χ1v) is 11.0. The van der Waals surface area contributed by atoms with Gasteiger partial charge in [0, 0.05) is 31.9 Å². The Labute approximate surface area is 188 Å². The van der Waals surface area contributed by atoms with Crippen LogP contribution >= 0.6 is 0 Å². The summed E-state index contributed by atoms with van der Waals surface area (Å²) in [7, 11) is 0. The second kappa shape index (κ2) is 9.08. The molecule has 4 rings (SSSR count). The molecule has 8 heteroatoms. The molecular weight excluding hydrogens is 406 g/mol. The zero-order chi connectivity index (χ0) is 22.7. The molecule has 1 spiro atoms. The number of benzene rings is 1. The Morgan fingerprint density at radius 3 is 2.44 bits per heavy atom. The van der Waals surface area contributed by atoms with E-state index in [0.717, 1.165) is 21.9 Å². The van der Waals surface area contributed by atoms with E-state index in [-0.39, 0.29) is 12.5 Å². The summed E-state index contributed by atoms with van der Waals surface area (Å²) in [5, 5.41) is 0. The molecule has 0 unspecified atom stereocenters. The summed E-state index contributed by atoms with van der Waals surface area (Å²) in [5.41, 5.74) is 7.47. The smallest absolute Gasteiger partial charge is 0.328 e. The number of likely N-dealkylation sites (tertiary alicyclic amines) is 1. The Hall–Kier alpha value is -3.26. The van der Waals surface area contributed by atoms with Gasteiger partial charge in [-0.25, -0.2) is 4.79 Å². The average molecular weight is 436 g/mol. The summed E-state index contributed by atoms with van der Waals surface area (Å²) in [6, 6.07) is 15.4. The summed E-state index contributed by atoms with van der Waals surface area (Å²) in [6.07, 6.45) is 1.68. The van der Waals surface area contributed by atoms with E-state index >= 15 is 0 Å². The van der Waals surface area contributed by atoms with Crippen molar-refractivity contribution in [1.29, 1.82) is 0 Å². The molecular formula is C24H29N5O3. The number of aromatic nitrogens is 1. The van der Waals surface area contributed by atoms with E-state index < -0.39 is 17.5 Å². The fourth-order valence-corrected chi connectivity index (χ4v) is 4.75. The quantitative estimate of drug-likeness (QED) is 0.668. The SMILES string of the molecule is Cc1cccc(CN2CCC3(CC2)C(=O)N(CC(N)=O)C(=O)N3CCc2ccccc2)n1. The van der Waals surface area contributed by atoms with Crippen LogP contribution in [0.3, 0.4) is 0 Å². The van der Waals surface area contributed by atoms with Crippen LogP contribution in [0.1, 0.15) is 29.8 Å². The molecule has 4 amide bonds. The number of amides is 4. The van der Waals surface area contributed by atoms with Crippen LogP contribution in [0.25, 0.3) is 0 Å². The monoisotopic (exact) mass is 435 g/mol. The molecule has 168 valence electrons. The number of nitrogens with two attached hydrogens (primary N) is 1. The number of aryl methyl sites for hydroxylation is 1. The first-order chi connectivity index (χ1) is 15.4. The minimum Gasteiger partial charge on any atom is -0.368 e. The lowest BCUT2D eigenvalue weighted by atomic mass is 9.85. The van der Waals surface area contributed by atoms with Crippen molar-refractivity contribution in [2.75, 3.05) is 26.2 Å². The van der Waals surface area contributed by atoms with Crippen molar-refractivity contribution in [1.82, 2.24) is 19.7 Å². The van der Waals surface area contributed by atoms with Gasteiger partial charge in [0.2, 0.25) is 5.91 Å². The van der Waals surface area contributed by atoms with Crippen LogP contribution in [0.15, 0.2) is 48.5 Å². The Kier molecular flexibility index (Phi) is 6.23. The summed E-state index contributed by atoms with van der Waals surface area (Å²) in [4.78, 5) is 47.6. The fraction of sp³-hybridized carbons (Fsp3) is 0.417. The molecule has 2 aromatic rings. The van der Waals surface area contributed by atoms with Crippen LogP contribution in [0.4, 0.5) is 4.79 Å². The maximum absolute atomic E-state index is 13.4. The van der Waals surface area contributed by atoms with Gasteiger partial charge >= 0.3 is 6.03 Å². The number of rotatable bonds is 7. The van der Waals surface area contributed by atoms with E-state index in [0.29, 0.717) is 45.4 Å². The van der Waals surface area contributed by atoms with Crippen LogP contribution in [0, 0.1) is 6.92 Å². The van der Waals surface area contributed by atoms with Gasteiger partial charge in [-0.1, -0.05) is 36.4 Å². The molecule has 2 saturated heterocycles. The highest BCUT2D eigenvalue weighted by Gasteiger charge is 2.57. The highest BCUT2D eigenvalue weighted by atomic mass is 16.2. The number of urea groups is 1. The maximum atomic E-state index is 13.4. The third-order valence-corrected chi connectivity index (χ3v) is 6.42. The first-order valence-electron chi connectivity index (χ1n) is 11.0. The summed E-state index contributed by atoms with van der Waals surface area (Å²) in [6.45, 7) is 4.05. The van der Waals surface area contributed by atoms with Gasteiger partial charge in [0.1, 0.15) is 12.1 Å². The zero-order valence-corrected chi connectivity index (χ0v) is 18.4. The molecule has 1 aromatic heterocycles. The number of imide groups is 1. The average Bonchev–Trinajstić information content (AvgIpc) is 2.95. The molecule has 3 heterocycles. The largest absolute Gasteiger partial charge is 0.368 e. The van der Waals surface area contributed by atoms with Crippen LogP contribution in [-0.2, 0) is 22.6 Å². The van der Waals surface area contributed by atoms with Gasteiger partial charge in [-0.2, -0.15) is 0 Å². The Morgan fingerprint density at radius 1 is 1.06 bits per heavy atom. The number of hydrogen-bond acceptors (Lipinski definition) is 5. The maximum Gasteiger partial charge on any atom is 0.328 e. The van der Waals surface area contributed by atoms with E-state index in [2.05, 4.69) is 9.88 Å². The third kappa shape index (κ3) is 4.36. The molecule has 2 N–H and O–H groups in total. The number of primary amides is 1. The van der Waals surface area contributed by atoms with Gasteiger partial charge in [0.05, 0.1) is 5.69 Å². The van der Waals surface area contributed by atoms with E-state index in [1.165, 1.54) is 0 Å². The summed E-state index contributed by atoms with van der Waals surface area (Å²) < 4.78 is 0. The second-order valence-corrected chi connectivity index (χ2v) is 8.61. The fourth-order valence-electron chi connectivity index (χ4n) is 4.75. The van der Waals surface area contributed by atoms with Crippen LogP contribution < -0.4 is 5.73 Å². The number of nitrogens with zero attached hydrogens (tertiary/aromatic N) is 4. The van der Waals surface area contributed by atoms with Gasteiger partial charge in [-0.15, -0.1) is 0 Å². The second-order valence-electron chi connectivity index (χ2n) is 8.61. The first kappa shape index (κ1) is 22.0. The van der Waals surface area contributed by atoms with Crippen molar-refractivity contribution in [2.24, 2.45) is 5.73 Å². The normalized spacial score (nSPS) is 18.5. The minimum absolute atomic E-state index is 0.303. The topological polar surface area (TPSA) is 99.8 Å². The molecule has 2 aliphatic heterocycles. The van der Waals surface area contributed by atoms with Crippen molar-refractivity contribution in [3.05, 3.63) is 65.5 Å². The lowest BCUT2D eigenvalue weighted by molar-refractivity contribution is -0.137. The minimum atomic E-state index is -0.919. The summed E-state index contributed by atoms with van der Waals surface area (Å²) >= 11 is 0. The molecule has 0 saturated carbocycles. The Morgan fingerprint density at radius 2 is 1.78 bits per heavy atom. The molecule has 8 nitrogen and oxygen atoms in total. The summed E-state index contributed by atoms with van der Waals surface area (Å²) in [5.74, 6) is -0.989. The van der Waals surface area contributed by atoms with Crippen molar-refractivity contribution in [3.8, 4) is 0 Å². The van der Waals surface area contributed by atoms with Gasteiger partial charge < -0.3 is 10.6 Å². The molecule has 2 aliphatic rings. The molecule has 32 heavy (non-hydrogen) atoms. The predicted molar refractivity (Wildman–Crippen MR) is 119 cm³/mol. The Bertz CT molecular complexity index is 1000. The Balaban J connectivity index is 1.51. The van der Waals surface area contributed by atoms with Crippen LogP contribution in [0.5, 0.6) is 0 Å². The number of carbonyl (C=O) groups excluding carboxylic acids is 3. The van der Waals surface area contributed by atoms with Crippen molar-refractivity contribution >= 4 is 17.8 Å². The number of piperidine rings is 1. The van der Waals surface area contributed by atoms with E-state index in [1.807, 2.05) is 55.5 Å². The lowest BCUT2D eigenvalue weighted by Gasteiger charge is -2.42. The molecule has 1 aromatic carbocycles. The van der Waals surface area contributed by atoms with Crippen molar-refractivity contribution in [3.63, 3.8) is 0 Å². The standard InChI is InChI=1S/C24H29N5O3/c1-18-6-5-9-20(26-18)16-27-14-11-24(12-15-27)22(31)28(17-21(25)30)23(32)29(24)13-10-19-7-3-2-4-8-19/h2-9H,10-17H2,1H3,(H2,25,30). The van der Waals surface area contributed by atoms with Gasteiger partial charge in [-0.3, -0.25) is 24.4 Å². The third-order valence-electron chi connectivity index (χ3n) is 6.42. The van der Waals surface area contributed by atoms with E-state index in [1.54, 1.807) is 4.90 Å². The van der Waals surface area contributed by atoms with Gasteiger partial charge in [0.25, 0.3) is 5.91 Å². The van der Waals surface area contributed by atoms with Gasteiger partial charge in [0.15, 0.2) is 0 Å². The highest BCUT2D eigenvalue weighted by Crippen LogP contribution is 2.37. The molecule has 0 bridgehead atoms. The van der Waals surface area contributed by atoms with Crippen LogP contribution in [-0.4, -0.2) is 69.2 Å². The molecule has 2 fully saturated rings. The number of carbonyl (C=O) groups is 3. The predicted octanol–water partition coefficient (Wildman–Crippen LogP) is 1.72. The van der Waals surface area contributed by atoms with Crippen LogP contribution in [0.2, 0.25) is 0 Å². The van der Waals surface area contributed by atoms with Gasteiger partial charge in [-0.05, 0) is 43.9 Å². The van der Waals surface area contributed by atoms with Crippen molar-refractivity contribution in [2.45, 2.75) is 38.3 Å². The molecule has 0 radical (unpaired) electrons. The lowest BCUT2D eigenvalue weighted by Crippen LogP contribution is -2.56. The number of pyridine rings is 1.